The summed E-state index contributed by atoms with van der Waals surface area (Å²) in [6.45, 7) is 1.52. The van der Waals surface area contributed by atoms with Crippen LogP contribution in [0.5, 0.6) is 5.75 Å². The number of piperidine rings is 1. The third kappa shape index (κ3) is 5.38. The minimum Gasteiger partial charge on any atom is -0.497 e. The molecule has 162 valence electrons. The number of hydrogen-bond donors (Lipinski definition) is 1. The Labute approximate surface area is 178 Å². The van der Waals surface area contributed by atoms with Gasteiger partial charge in [-0.25, -0.2) is 8.42 Å². The van der Waals surface area contributed by atoms with E-state index >= 15 is 0 Å². The van der Waals surface area contributed by atoms with E-state index in [4.69, 9.17) is 9.47 Å². The summed E-state index contributed by atoms with van der Waals surface area (Å²) in [4.78, 5) is 12.9. The third-order valence-electron chi connectivity index (χ3n) is 5.22. The molecule has 0 aromatic heterocycles. The van der Waals surface area contributed by atoms with Crippen molar-refractivity contribution in [2.24, 2.45) is 5.92 Å². The molecule has 1 aliphatic rings. The predicted molar refractivity (Wildman–Crippen MR) is 113 cm³/mol. The van der Waals surface area contributed by atoms with Crippen LogP contribution in [0.15, 0.2) is 53.4 Å². The van der Waals surface area contributed by atoms with E-state index in [1.54, 1.807) is 19.2 Å². The topological polar surface area (TPSA) is 84.9 Å². The lowest BCUT2D eigenvalue weighted by Gasteiger charge is -2.31. The van der Waals surface area contributed by atoms with Gasteiger partial charge < -0.3 is 14.8 Å². The number of nitrogens with one attached hydrogen (secondary N) is 1. The van der Waals surface area contributed by atoms with Gasteiger partial charge in [-0.2, -0.15) is 4.31 Å². The van der Waals surface area contributed by atoms with Crippen molar-refractivity contribution in [3.63, 3.8) is 0 Å². The molecule has 1 heterocycles. The quantitative estimate of drug-likeness (QED) is 0.693. The van der Waals surface area contributed by atoms with Crippen LogP contribution in [0.4, 0.5) is 0 Å². The fourth-order valence-electron chi connectivity index (χ4n) is 3.60. The second-order valence-corrected chi connectivity index (χ2v) is 9.29. The number of amides is 1. The third-order valence-corrected chi connectivity index (χ3v) is 7.10. The molecule has 0 aliphatic carbocycles. The molecule has 0 saturated carbocycles. The summed E-state index contributed by atoms with van der Waals surface area (Å²) in [6, 6.07) is 14.1. The van der Waals surface area contributed by atoms with Crippen molar-refractivity contribution < 1.29 is 22.7 Å². The monoisotopic (exact) mass is 432 g/mol. The van der Waals surface area contributed by atoms with Crippen LogP contribution in [-0.2, 0) is 32.7 Å². The lowest BCUT2D eigenvalue weighted by molar-refractivity contribution is -0.126. The fourth-order valence-corrected chi connectivity index (χ4v) is 5.12. The Morgan fingerprint density at radius 1 is 1.13 bits per heavy atom. The van der Waals surface area contributed by atoms with Crippen LogP contribution in [0.1, 0.15) is 24.0 Å². The molecule has 2 aromatic rings. The molecule has 0 radical (unpaired) electrons. The van der Waals surface area contributed by atoms with E-state index in [2.05, 4.69) is 5.32 Å². The van der Waals surface area contributed by atoms with Crippen LogP contribution in [-0.4, -0.2) is 45.9 Å². The van der Waals surface area contributed by atoms with Crippen molar-refractivity contribution in [1.29, 1.82) is 0 Å². The number of carbonyl (C=O) groups is 1. The molecule has 1 unspecified atom stereocenters. The highest BCUT2D eigenvalue weighted by Gasteiger charge is 2.33. The molecule has 1 N–H and O–H groups in total. The number of nitrogens with zero attached hydrogens (tertiary/aromatic N) is 1. The minimum atomic E-state index is -3.65. The normalized spacial score (nSPS) is 17.5. The van der Waals surface area contributed by atoms with Crippen molar-refractivity contribution in [2.75, 3.05) is 27.3 Å². The molecule has 1 fully saturated rings. The number of rotatable bonds is 8. The summed E-state index contributed by atoms with van der Waals surface area (Å²) in [7, 11) is -0.474. The maximum Gasteiger partial charge on any atom is 0.243 e. The lowest BCUT2D eigenvalue weighted by atomic mass is 9.98. The van der Waals surface area contributed by atoms with Crippen molar-refractivity contribution >= 4 is 15.9 Å². The number of hydrogen-bond acceptors (Lipinski definition) is 5. The van der Waals surface area contributed by atoms with Gasteiger partial charge in [0.15, 0.2) is 0 Å². The first-order valence-electron chi connectivity index (χ1n) is 9.92. The summed E-state index contributed by atoms with van der Waals surface area (Å²) >= 11 is 0. The lowest BCUT2D eigenvalue weighted by Crippen LogP contribution is -2.45. The molecular formula is C22H28N2O5S. The largest absolute Gasteiger partial charge is 0.497 e. The number of ether oxygens (including phenoxy) is 2. The Morgan fingerprint density at radius 2 is 1.87 bits per heavy atom. The van der Waals surface area contributed by atoms with Gasteiger partial charge in [0.25, 0.3) is 0 Å². The van der Waals surface area contributed by atoms with Gasteiger partial charge >= 0.3 is 0 Å². The van der Waals surface area contributed by atoms with Crippen molar-refractivity contribution in [3.05, 3.63) is 59.7 Å². The second-order valence-electron chi connectivity index (χ2n) is 7.35. The smallest absolute Gasteiger partial charge is 0.243 e. The maximum atomic E-state index is 13.0. The first-order chi connectivity index (χ1) is 14.4. The summed E-state index contributed by atoms with van der Waals surface area (Å²) in [5.41, 5.74) is 2.02. The fraction of sp³-hybridized carbons (Fsp3) is 0.409. The Bertz CT molecular complexity index is 960. The van der Waals surface area contributed by atoms with E-state index in [9.17, 15) is 13.2 Å². The van der Waals surface area contributed by atoms with Crippen LogP contribution in [0, 0.1) is 5.92 Å². The molecule has 30 heavy (non-hydrogen) atoms. The highest BCUT2D eigenvalue weighted by Crippen LogP contribution is 2.25. The Hall–Kier alpha value is -2.42. The summed E-state index contributed by atoms with van der Waals surface area (Å²) in [5.74, 6) is 0.107. The predicted octanol–water partition coefficient (Wildman–Crippen LogP) is 2.56. The number of methoxy groups -OCH3 is 2. The molecule has 0 spiro atoms. The highest BCUT2D eigenvalue weighted by molar-refractivity contribution is 7.89. The maximum absolute atomic E-state index is 13.0. The summed E-state index contributed by atoms with van der Waals surface area (Å²) in [5, 5.41) is 2.95. The number of benzene rings is 2. The molecule has 8 heteroatoms. The standard InChI is InChI=1S/C22H28N2O5S/c1-28-16-18-6-3-5-17(13-18)14-23-22(25)19-7-4-12-24(15-19)30(26,27)21-10-8-20(29-2)9-11-21/h3,5-6,8-11,13,19H,4,7,12,14-16H2,1-2H3,(H,23,25). The van der Waals surface area contributed by atoms with Gasteiger partial charge in [-0.05, 0) is 48.2 Å². The average Bonchev–Trinajstić information content (AvgIpc) is 2.78. The van der Waals surface area contributed by atoms with Gasteiger partial charge in [0, 0.05) is 26.7 Å². The van der Waals surface area contributed by atoms with Crippen molar-refractivity contribution in [3.8, 4) is 5.75 Å². The van der Waals surface area contributed by atoms with Crippen LogP contribution in [0.25, 0.3) is 0 Å². The average molecular weight is 433 g/mol. The van der Waals surface area contributed by atoms with Gasteiger partial charge in [-0.3, -0.25) is 4.79 Å². The molecule has 0 bridgehead atoms. The molecule has 7 nitrogen and oxygen atoms in total. The zero-order chi connectivity index (χ0) is 21.6. The summed E-state index contributed by atoms with van der Waals surface area (Å²) in [6.07, 6.45) is 1.32. The van der Waals surface area contributed by atoms with Gasteiger partial charge in [0.05, 0.1) is 24.5 Å². The van der Waals surface area contributed by atoms with Crippen LogP contribution in [0.3, 0.4) is 0 Å². The van der Waals surface area contributed by atoms with Crippen molar-refractivity contribution in [2.45, 2.75) is 30.9 Å². The summed E-state index contributed by atoms with van der Waals surface area (Å²) < 4.78 is 37.6. The highest BCUT2D eigenvalue weighted by atomic mass is 32.2. The van der Waals surface area contributed by atoms with E-state index < -0.39 is 10.0 Å². The van der Waals surface area contributed by atoms with Crippen LogP contribution >= 0.6 is 0 Å². The zero-order valence-electron chi connectivity index (χ0n) is 17.3. The first kappa shape index (κ1) is 22.3. The molecule has 1 aliphatic heterocycles. The van der Waals surface area contributed by atoms with Crippen LogP contribution in [0.2, 0.25) is 0 Å². The number of carbonyl (C=O) groups excluding carboxylic acids is 1. The second kappa shape index (κ2) is 10.1. The van der Waals surface area contributed by atoms with Gasteiger partial charge in [0.2, 0.25) is 15.9 Å². The first-order valence-corrected chi connectivity index (χ1v) is 11.4. The Balaban J connectivity index is 1.62. The SMILES string of the molecule is COCc1cccc(CNC(=O)C2CCCN(S(=O)(=O)c3ccc(OC)cc3)C2)c1. The van der Waals surface area contributed by atoms with Gasteiger partial charge in [0.1, 0.15) is 5.75 Å². The molecule has 1 amide bonds. The van der Waals surface area contributed by atoms with E-state index in [1.165, 1.54) is 23.5 Å². The molecule has 2 aromatic carbocycles. The Kier molecular flexibility index (Phi) is 7.47. The molecule has 3 rings (SSSR count). The van der Waals surface area contributed by atoms with E-state index in [1.807, 2.05) is 24.3 Å². The number of sulfonamides is 1. The minimum absolute atomic E-state index is 0.123. The van der Waals surface area contributed by atoms with Gasteiger partial charge in [-0.15, -0.1) is 0 Å². The van der Waals surface area contributed by atoms with Crippen molar-refractivity contribution in [1.82, 2.24) is 9.62 Å². The Morgan fingerprint density at radius 3 is 2.57 bits per heavy atom. The van der Waals surface area contributed by atoms with Crippen LogP contribution < -0.4 is 10.1 Å². The molecule has 1 saturated heterocycles. The zero-order valence-corrected chi connectivity index (χ0v) is 18.2. The molecule has 1 atom stereocenters. The molecular weight excluding hydrogens is 404 g/mol. The van der Waals surface area contributed by atoms with E-state index in [-0.39, 0.29) is 23.3 Å². The van der Waals surface area contributed by atoms with E-state index in [0.29, 0.717) is 38.3 Å². The van der Waals surface area contributed by atoms with Gasteiger partial charge in [-0.1, -0.05) is 24.3 Å². The van der Waals surface area contributed by atoms with E-state index in [0.717, 1.165) is 11.1 Å².